The average Bonchev–Trinajstić information content (AvgIpc) is 2.87. The number of benzene rings is 1. The second kappa shape index (κ2) is 6.76. The van der Waals surface area contributed by atoms with Crippen LogP contribution in [0.15, 0.2) is 16.6 Å². The maximum absolute atomic E-state index is 12.2. The summed E-state index contributed by atoms with van der Waals surface area (Å²) in [5, 5.41) is 3.29. The van der Waals surface area contributed by atoms with Crippen molar-refractivity contribution in [2.45, 2.75) is 25.0 Å². The van der Waals surface area contributed by atoms with Gasteiger partial charge in [0.05, 0.1) is 23.4 Å². The molecular formula is C13H16BrClN2O3. The Hall–Kier alpha value is -0.820. The Morgan fingerprint density at radius 1 is 1.60 bits per heavy atom. The largest absolute Gasteiger partial charge is 0.493 e. The minimum absolute atomic E-state index is 0.0428. The minimum atomic E-state index is -0.481. The molecular weight excluding hydrogens is 348 g/mol. The van der Waals surface area contributed by atoms with E-state index in [0.29, 0.717) is 33.9 Å². The van der Waals surface area contributed by atoms with Gasteiger partial charge in [0.25, 0.3) is 5.91 Å². The Balaban J connectivity index is 2.12. The van der Waals surface area contributed by atoms with Gasteiger partial charge in [-0.05, 0) is 40.9 Å². The highest BCUT2D eigenvalue weighted by Crippen LogP contribution is 2.36. The lowest BCUT2D eigenvalue weighted by molar-refractivity contribution is -0.126. The third kappa shape index (κ3) is 3.44. The van der Waals surface area contributed by atoms with Gasteiger partial charge in [-0.1, -0.05) is 11.6 Å². The number of amides is 1. The van der Waals surface area contributed by atoms with E-state index >= 15 is 0 Å². The first-order chi connectivity index (χ1) is 9.55. The molecule has 5 nitrogen and oxygen atoms in total. The molecule has 1 heterocycles. The quantitative estimate of drug-likeness (QED) is 0.862. The molecule has 1 aliphatic rings. The van der Waals surface area contributed by atoms with E-state index < -0.39 is 6.10 Å². The number of hydrogen-bond donors (Lipinski definition) is 2. The van der Waals surface area contributed by atoms with E-state index in [1.54, 1.807) is 12.1 Å². The summed E-state index contributed by atoms with van der Waals surface area (Å²) in [6, 6.07) is 3.34. The van der Waals surface area contributed by atoms with E-state index in [4.69, 9.17) is 26.8 Å². The zero-order chi connectivity index (χ0) is 14.7. The van der Waals surface area contributed by atoms with Crippen molar-refractivity contribution in [2.75, 3.05) is 19.0 Å². The van der Waals surface area contributed by atoms with Gasteiger partial charge in [0, 0.05) is 11.6 Å². The summed E-state index contributed by atoms with van der Waals surface area (Å²) in [7, 11) is 1.53. The summed E-state index contributed by atoms with van der Waals surface area (Å²) in [6.45, 7) is 0.426. The molecule has 2 rings (SSSR count). The molecule has 1 fully saturated rings. The van der Waals surface area contributed by atoms with E-state index in [0.717, 1.165) is 6.42 Å². The van der Waals surface area contributed by atoms with Crippen molar-refractivity contribution in [3.05, 3.63) is 21.6 Å². The second-order valence-electron chi connectivity index (χ2n) is 4.52. The first kappa shape index (κ1) is 15.6. The third-order valence-corrected chi connectivity index (χ3v) is 3.94. The van der Waals surface area contributed by atoms with Crippen LogP contribution in [0, 0.1) is 0 Å². The van der Waals surface area contributed by atoms with Crippen LogP contribution in [0.2, 0.25) is 5.02 Å². The highest BCUT2D eigenvalue weighted by Gasteiger charge is 2.30. The van der Waals surface area contributed by atoms with Crippen molar-refractivity contribution < 1.29 is 14.3 Å². The Labute approximate surface area is 130 Å². The number of carbonyl (C=O) groups excluding carboxylic acids is 1. The number of methoxy groups -OCH3 is 1. The lowest BCUT2D eigenvalue weighted by Gasteiger charge is -2.15. The number of nitrogens with two attached hydrogens (primary N) is 1. The van der Waals surface area contributed by atoms with Gasteiger partial charge < -0.3 is 20.5 Å². The van der Waals surface area contributed by atoms with Crippen LogP contribution in [0.3, 0.4) is 0 Å². The van der Waals surface area contributed by atoms with Crippen LogP contribution in [-0.2, 0) is 9.53 Å². The Morgan fingerprint density at radius 3 is 2.95 bits per heavy atom. The smallest absolute Gasteiger partial charge is 0.253 e. The molecule has 1 aromatic carbocycles. The van der Waals surface area contributed by atoms with Crippen molar-refractivity contribution in [3.63, 3.8) is 0 Å². The van der Waals surface area contributed by atoms with Gasteiger partial charge in [-0.3, -0.25) is 4.79 Å². The normalized spacial score (nSPS) is 21.8. The van der Waals surface area contributed by atoms with Crippen LogP contribution in [0.25, 0.3) is 0 Å². The Kier molecular flexibility index (Phi) is 5.26. The van der Waals surface area contributed by atoms with Crippen LogP contribution in [0.5, 0.6) is 5.75 Å². The molecule has 0 saturated carbocycles. The molecule has 0 bridgehead atoms. The number of halogens is 2. The topological polar surface area (TPSA) is 73.6 Å². The first-order valence-corrected chi connectivity index (χ1v) is 7.41. The van der Waals surface area contributed by atoms with E-state index in [-0.39, 0.29) is 12.0 Å². The van der Waals surface area contributed by atoms with Crippen molar-refractivity contribution >= 4 is 39.1 Å². The standard InChI is InChI=1S/C13H16BrClN2O3/c1-19-12-9(14)4-7(15)5-10(12)17-13(18)11-3-2-8(6-16)20-11/h4-5,8,11H,2-3,6,16H2,1H3,(H,17,18). The molecule has 1 aliphatic heterocycles. The number of anilines is 1. The molecule has 0 aliphatic carbocycles. The Bertz CT molecular complexity index is 513. The molecule has 1 amide bonds. The first-order valence-electron chi connectivity index (χ1n) is 6.24. The number of nitrogens with one attached hydrogen (secondary N) is 1. The molecule has 110 valence electrons. The van der Waals surface area contributed by atoms with Crippen LogP contribution in [0.4, 0.5) is 5.69 Å². The maximum atomic E-state index is 12.2. The predicted molar refractivity (Wildman–Crippen MR) is 81.3 cm³/mol. The molecule has 7 heteroatoms. The molecule has 0 radical (unpaired) electrons. The fraction of sp³-hybridized carbons (Fsp3) is 0.462. The zero-order valence-corrected chi connectivity index (χ0v) is 13.3. The molecule has 0 aromatic heterocycles. The summed E-state index contributed by atoms with van der Waals surface area (Å²) in [5.41, 5.74) is 6.04. The average molecular weight is 364 g/mol. The second-order valence-corrected chi connectivity index (χ2v) is 5.81. The van der Waals surface area contributed by atoms with Gasteiger partial charge in [-0.25, -0.2) is 0 Å². The lowest BCUT2D eigenvalue weighted by Crippen LogP contribution is -2.30. The van der Waals surface area contributed by atoms with Gasteiger partial charge in [0.2, 0.25) is 0 Å². The lowest BCUT2D eigenvalue weighted by atomic mass is 10.2. The van der Waals surface area contributed by atoms with E-state index in [1.165, 1.54) is 7.11 Å². The summed E-state index contributed by atoms with van der Waals surface area (Å²) in [6.07, 6.45) is 0.938. The monoisotopic (exact) mass is 362 g/mol. The van der Waals surface area contributed by atoms with E-state index in [1.807, 2.05) is 0 Å². The predicted octanol–water partition coefficient (Wildman–Crippen LogP) is 2.56. The fourth-order valence-electron chi connectivity index (χ4n) is 2.15. The molecule has 3 N–H and O–H groups in total. The van der Waals surface area contributed by atoms with Crippen molar-refractivity contribution in [1.82, 2.24) is 0 Å². The highest BCUT2D eigenvalue weighted by atomic mass is 79.9. The molecule has 2 unspecified atom stereocenters. The van der Waals surface area contributed by atoms with Crippen molar-refractivity contribution in [2.24, 2.45) is 5.73 Å². The number of ether oxygens (including phenoxy) is 2. The molecule has 2 atom stereocenters. The summed E-state index contributed by atoms with van der Waals surface area (Å²) in [5.74, 6) is 0.310. The van der Waals surface area contributed by atoms with Gasteiger partial charge in [-0.2, -0.15) is 0 Å². The molecule has 1 saturated heterocycles. The molecule has 1 aromatic rings. The number of rotatable bonds is 4. The van der Waals surface area contributed by atoms with Gasteiger partial charge in [-0.15, -0.1) is 0 Å². The van der Waals surface area contributed by atoms with E-state index in [9.17, 15) is 4.79 Å². The Morgan fingerprint density at radius 2 is 2.35 bits per heavy atom. The van der Waals surface area contributed by atoms with Crippen LogP contribution >= 0.6 is 27.5 Å². The summed E-state index contributed by atoms with van der Waals surface area (Å²) >= 11 is 9.33. The van der Waals surface area contributed by atoms with Crippen molar-refractivity contribution in [1.29, 1.82) is 0 Å². The fourth-order valence-corrected chi connectivity index (χ4v) is 3.12. The molecule has 0 spiro atoms. The van der Waals surface area contributed by atoms with Gasteiger partial charge in [0.15, 0.2) is 5.75 Å². The van der Waals surface area contributed by atoms with Crippen LogP contribution < -0.4 is 15.8 Å². The number of hydrogen-bond acceptors (Lipinski definition) is 4. The number of carbonyl (C=O) groups is 1. The van der Waals surface area contributed by atoms with Crippen LogP contribution in [0.1, 0.15) is 12.8 Å². The van der Waals surface area contributed by atoms with Gasteiger partial charge >= 0.3 is 0 Å². The van der Waals surface area contributed by atoms with Crippen molar-refractivity contribution in [3.8, 4) is 5.75 Å². The summed E-state index contributed by atoms with van der Waals surface area (Å²) in [4.78, 5) is 12.2. The zero-order valence-electron chi connectivity index (χ0n) is 11.0. The van der Waals surface area contributed by atoms with Crippen LogP contribution in [-0.4, -0.2) is 31.8 Å². The SMILES string of the molecule is COc1c(Br)cc(Cl)cc1NC(=O)C1CCC(CN)O1. The third-order valence-electron chi connectivity index (χ3n) is 3.13. The van der Waals surface area contributed by atoms with E-state index in [2.05, 4.69) is 21.2 Å². The van der Waals surface area contributed by atoms with Gasteiger partial charge in [0.1, 0.15) is 6.10 Å². The maximum Gasteiger partial charge on any atom is 0.253 e. The highest BCUT2D eigenvalue weighted by molar-refractivity contribution is 9.10. The molecule has 20 heavy (non-hydrogen) atoms. The minimum Gasteiger partial charge on any atom is -0.493 e. The summed E-state index contributed by atoms with van der Waals surface area (Å²) < 4.78 is 11.5.